The van der Waals surface area contributed by atoms with Crippen LogP contribution in [0.2, 0.25) is 5.02 Å². The molecule has 0 saturated carbocycles. The fraction of sp³-hybridized carbons (Fsp3) is 0.200. The minimum Gasteiger partial charge on any atom is -0.392 e. The van der Waals surface area contributed by atoms with Gasteiger partial charge < -0.3 is 10.0 Å². The van der Waals surface area contributed by atoms with Crippen LogP contribution in [0.3, 0.4) is 0 Å². The first kappa shape index (κ1) is 14.8. The smallest absolute Gasteiger partial charge is 0.149 e. The molecular formula is C15H14ClF2NO. The normalized spacial score (nSPS) is 10.7. The van der Waals surface area contributed by atoms with Crippen molar-refractivity contribution in [1.29, 1.82) is 0 Å². The Kier molecular flexibility index (Phi) is 4.57. The molecule has 20 heavy (non-hydrogen) atoms. The summed E-state index contributed by atoms with van der Waals surface area (Å²) >= 11 is 5.79. The molecule has 0 bridgehead atoms. The molecule has 1 N–H and O–H groups in total. The molecule has 106 valence electrons. The highest BCUT2D eigenvalue weighted by atomic mass is 35.5. The minimum absolute atomic E-state index is 0.114. The van der Waals surface area contributed by atoms with Gasteiger partial charge in [0, 0.05) is 18.6 Å². The third-order valence-corrected chi connectivity index (χ3v) is 3.23. The van der Waals surface area contributed by atoms with Crippen molar-refractivity contribution in [2.24, 2.45) is 0 Å². The van der Waals surface area contributed by atoms with Gasteiger partial charge in [0.05, 0.1) is 6.61 Å². The number of aliphatic hydroxyl groups is 1. The van der Waals surface area contributed by atoms with Gasteiger partial charge in [-0.3, -0.25) is 0 Å². The number of nitrogens with zero attached hydrogens (tertiary/aromatic N) is 1. The quantitative estimate of drug-likeness (QED) is 0.929. The molecule has 0 aliphatic rings. The Bertz CT molecular complexity index is 578. The molecular weight excluding hydrogens is 284 g/mol. The summed E-state index contributed by atoms with van der Waals surface area (Å²) in [6.45, 7) is -0.0432. The van der Waals surface area contributed by atoms with Gasteiger partial charge >= 0.3 is 0 Å². The zero-order valence-electron chi connectivity index (χ0n) is 10.9. The maximum Gasteiger partial charge on any atom is 0.149 e. The molecule has 2 nitrogen and oxygen atoms in total. The first-order valence-corrected chi connectivity index (χ1v) is 6.43. The second kappa shape index (κ2) is 6.20. The molecule has 0 amide bonds. The Balaban J connectivity index is 2.25. The highest BCUT2D eigenvalue weighted by Gasteiger charge is 2.15. The molecule has 0 aromatic heterocycles. The van der Waals surface area contributed by atoms with Gasteiger partial charge in [0.1, 0.15) is 17.3 Å². The Morgan fingerprint density at radius 2 is 1.60 bits per heavy atom. The van der Waals surface area contributed by atoms with E-state index < -0.39 is 18.2 Å². The summed E-state index contributed by atoms with van der Waals surface area (Å²) < 4.78 is 27.8. The summed E-state index contributed by atoms with van der Waals surface area (Å²) in [4.78, 5) is 1.48. The van der Waals surface area contributed by atoms with E-state index in [9.17, 15) is 8.78 Å². The van der Waals surface area contributed by atoms with E-state index in [1.807, 2.05) is 0 Å². The predicted octanol–water partition coefficient (Wildman–Crippen LogP) is 3.75. The van der Waals surface area contributed by atoms with Crippen molar-refractivity contribution in [2.75, 3.05) is 11.9 Å². The van der Waals surface area contributed by atoms with Crippen LogP contribution in [0.4, 0.5) is 14.5 Å². The third-order valence-electron chi connectivity index (χ3n) is 2.97. The van der Waals surface area contributed by atoms with Gasteiger partial charge in [-0.05, 0) is 35.4 Å². The highest BCUT2D eigenvalue weighted by Crippen LogP contribution is 2.25. The second-order valence-corrected chi connectivity index (χ2v) is 4.99. The zero-order valence-corrected chi connectivity index (χ0v) is 11.7. The van der Waals surface area contributed by atoms with Crippen molar-refractivity contribution in [3.8, 4) is 0 Å². The van der Waals surface area contributed by atoms with E-state index in [0.717, 1.165) is 17.7 Å². The van der Waals surface area contributed by atoms with Crippen molar-refractivity contribution in [3.05, 3.63) is 64.2 Å². The van der Waals surface area contributed by atoms with Gasteiger partial charge in [0.2, 0.25) is 0 Å². The van der Waals surface area contributed by atoms with Gasteiger partial charge in [-0.15, -0.1) is 0 Å². The van der Waals surface area contributed by atoms with Crippen LogP contribution in [0.1, 0.15) is 11.1 Å². The Labute approximate surface area is 121 Å². The van der Waals surface area contributed by atoms with Crippen LogP contribution in [-0.4, -0.2) is 12.2 Å². The molecule has 0 aliphatic carbocycles. The van der Waals surface area contributed by atoms with Crippen LogP contribution in [0.25, 0.3) is 0 Å². The molecule has 5 heteroatoms. The van der Waals surface area contributed by atoms with Crippen molar-refractivity contribution in [3.63, 3.8) is 0 Å². The van der Waals surface area contributed by atoms with Crippen molar-refractivity contribution >= 4 is 17.3 Å². The molecule has 0 radical (unpaired) electrons. The van der Waals surface area contributed by atoms with Crippen LogP contribution < -0.4 is 4.90 Å². The largest absolute Gasteiger partial charge is 0.392 e. The lowest BCUT2D eigenvalue weighted by Gasteiger charge is -2.21. The first-order valence-electron chi connectivity index (χ1n) is 6.05. The summed E-state index contributed by atoms with van der Waals surface area (Å²) in [5, 5.41) is 9.53. The second-order valence-electron chi connectivity index (χ2n) is 4.55. The van der Waals surface area contributed by atoms with E-state index >= 15 is 0 Å². The van der Waals surface area contributed by atoms with Crippen LogP contribution in [0.15, 0.2) is 36.4 Å². The number of halogens is 3. The fourth-order valence-electron chi connectivity index (χ4n) is 2.02. The monoisotopic (exact) mass is 297 g/mol. The molecule has 0 spiro atoms. The number of anilines is 1. The number of hydrogen-bond acceptors (Lipinski definition) is 2. The molecule has 0 heterocycles. The Morgan fingerprint density at radius 1 is 1.05 bits per heavy atom. The number of benzene rings is 2. The van der Waals surface area contributed by atoms with Gasteiger partial charge in [-0.1, -0.05) is 23.7 Å². The highest BCUT2D eigenvalue weighted by molar-refractivity contribution is 6.30. The molecule has 2 aromatic carbocycles. The standard InChI is InChI=1S/C15H14ClF2NO/c1-19(8-10-2-4-12(16)5-3-10)15-13(17)6-11(9-20)7-14(15)18/h2-7,20H,8-9H2,1H3. The molecule has 0 aliphatic heterocycles. The van der Waals surface area contributed by atoms with Crippen molar-refractivity contribution in [1.82, 2.24) is 0 Å². The topological polar surface area (TPSA) is 23.5 Å². The number of rotatable bonds is 4. The van der Waals surface area contributed by atoms with E-state index in [1.165, 1.54) is 4.90 Å². The average molecular weight is 298 g/mol. The minimum atomic E-state index is -0.689. The number of hydrogen-bond donors (Lipinski definition) is 1. The van der Waals surface area contributed by atoms with Gasteiger partial charge in [-0.25, -0.2) is 8.78 Å². The average Bonchev–Trinajstić information content (AvgIpc) is 2.40. The van der Waals surface area contributed by atoms with E-state index in [4.69, 9.17) is 16.7 Å². The molecule has 2 aromatic rings. The van der Waals surface area contributed by atoms with Crippen LogP contribution in [-0.2, 0) is 13.2 Å². The summed E-state index contributed by atoms with van der Waals surface area (Å²) in [5.41, 5.74) is 0.989. The maximum absolute atomic E-state index is 13.9. The predicted molar refractivity (Wildman–Crippen MR) is 75.8 cm³/mol. The lowest BCUT2D eigenvalue weighted by molar-refractivity contribution is 0.280. The molecule has 0 unspecified atom stereocenters. The summed E-state index contributed by atoms with van der Waals surface area (Å²) in [6.07, 6.45) is 0. The summed E-state index contributed by atoms with van der Waals surface area (Å²) in [7, 11) is 1.61. The van der Waals surface area contributed by atoms with Gasteiger partial charge in [0.15, 0.2) is 0 Å². The first-order chi connectivity index (χ1) is 9.51. The van der Waals surface area contributed by atoms with Crippen molar-refractivity contribution in [2.45, 2.75) is 13.2 Å². The van der Waals surface area contributed by atoms with Gasteiger partial charge in [0.25, 0.3) is 0 Å². The SMILES string of the molecule is CN(Cc1ccc(Cl)cc1)c1c(F)cc(CO)cc1F. The molecule has 2 rings (SSSR count). The third kappa shape index (κ3) is 3.26. The van der Waals surface area contributed by atoms with E-state index in [2.05, 4.69) is 0 Å². The van der Waals surface area contributed by atoms with Crippen molar-refractivity contribution < 1.29 is 13.9 Å². The van der Waals surface area contributed by atoms with E-state index in [1.54, 1.807) is 31.3 Å². The molecule has 0 saturated heterocycles. The summed E-state index contributed by atoms with van der Waals surface area (Å²) in [5.74, 6) is -1.38. The Hall–Kier alpha value is -1.65. The number of aliphatic hydroxyl groups excluding tert-OH is 1. The van der Waals surface area contributed by atoms with Crippen LogP contribution in [0, 0.1) is 11.6 Å². The van der Waals surface area contributed by atoms with Crippen LogP contribution >= 0.6 is 11.6 Å². The summed E-state index contributed by atoms with van der Waals surface area (Å²) in [6, 6.07) is 9.33. The maximum atomic E-state index is 13.9. The van der Waals surface area contributed by atoms with E-state index in [0.29, 0.717) is 11.6 Å². The Morgan fingerprint density at radius 3 is 2.10 bits per heavy atom. The zero-order chi connectivity index (χ0) is 14.7. The lowest BCUT2D eigenvalue weighted by atomic mass is 10.1. The molecule has 0 atom stereocenters. The van der Waals surface area contributed by atoms with E-state index in [-0.39, 0.29) is 11.3 Å². The fourth-order valence-corrected chi connectivity index (χ4v) is 2.14. The molecule has 0 fully saturated rings. The lowest BCUT2D eigenvalue weighted by Crippen LogP contribution is -2.19. The van der Waals surface area contributed by atoms with Crippen LogP contribution in [0.5, 0.6) is 0 Å². The van der Waals surface area contributed by atoms with Gasteiger partial charge in [-0.2, -0.15) is 0 Å².